The summed E-state index contributed by atoms with van der Waals surface area (Å²) in [6.45, 7) is 5.95. The molecule has 3 aromatic rings. The number of carbonyl (C=O) groups excluding carboxylic acids is 1. The summed E-state index contributed by atoms with van der Waals surface area (Å²) in [4.78, 5) is 16.5. The molecular weight excluding hydrogens is 352 g/mol. The van der Waals surface area contributed by atoms with Crippen LogP contribution in [0.1, 0.15) is 32.3 Å². The maximum absolute atomic E-state index is 11.9. The van der Waals surface area contributed by atoms with E-state index in [0.29, 0.717) is 11.8 Å². The third kappa shape index (κ3) is 4.06. The van der Waals surface area contributed by atoms with Crippen molar-refractivity contribution in [3.05, 3.63) is 54.1 Å². The second-order valence-corrected chi connectivity index (χ2v) is 7.47. The Morgan fingerprint density at radius 3 is 2.39 bits per heavy atom. The summed E-state index contributed by atoms with van der Waals surface area (Å²) < 4.78 is 7.48. The van der Waals surface area contributed by atoms with Crippen molar-refractivity contribution in [3.63, 3.8) is 0 Å². The molecule has 2 aromatic carbocycles. The lowest BCUT2D eigenvalue weighted by Crippen LogP contribution is -2.13. The topological polar surface area (TPSA) is 69.0 Å². The van der Waals surface area contributed by atoms with Gasteiger partial charge in [0.15, 0.2) is 5.82 Å². The lowest BCUT2D eigenvalue weighted by molar-refractivity contribution is -0.117. The quantitative estimate of drug-likeness (QED) is 0.693. The van der Waals surface area contributed by atoms with Gasteiger partial charge in [0.1, 0.15) is 0 Å². The van der Waals surface area contributed by atoms with Gasteiger partial charge in [-0.05, 0) is 57.9 Å². The first-order chi connectivity index (χ1) is 13.5. The molecule has 0 bridgehead atoms. The van der Waals surface area contributed by atoms with E-state index in [1.165, 1.54) is 5.56 Å². The molecule has 0 aliphatic heterocycles. The molecule has 28 heavy (non-hydrogen) atoms. The van der Waals surface area contributed by atoms with E-state index < -0.39 is 0 Å². The van der Waals surface area contributed by atoms with Gasteiger partial charge in [0.25, 0.3) is 0 Å². The predicted molar refractivity (Wildman–Crippen MR) is 109 cm³/mol. The molecule has 0 saturated heterocycles. The van der Waals surface area contributed by atoms with Crippen molar-refractivity contribution >= 4 is 11.6 Å². The Hall–Kier alpha value is -3.15. The summed E-state index contributed by atoms with van der Waals surface area (Å²) in [5.41, 5.74) is 3.79. The first kappa shape index (κ1) is 18.2. The van der Waals surface area contributed by atoms with Gasteiger partial charge in [-0.25, -0.2) is 4.68 Å². The van der Waals surface area contributed by atoms with Gasteiger partial charge in [-0.3, -0.25) is 4.79 Å². The normalized spacial score (nSPS) is 13.6. The van der Waals surface area contributed by atoms with Gasteiger partial charge in [0.2, 0.25) is 5.91 Å². The van der Waals surface area contributed by atoms with E-state index in [2.05, 4.69) is 22.3 Å². The molecule has 0 atom stereocenters. The van der Waals surface area contributed by atoms with E-state index in [1.807, 2.05) is 62.4 Å². The van der Waals surface area contributed by atoms with Gasteiger partial charge in [0, 0.05) is 17.2 Å². The van der Waals surface area contributed by atoms with E-state index in [0.717, 1.165) is 29.8 Å². The molecule has 0 unspecified atom stereocenters. The zero-order chi connectivity index (χ0) is 19.7. The van der Waals surface area contributed by atoms with Crippen molar-refractivity contribution in [1.82, 2.24) is 14.8 Å². The standard InChI is InChI=1S/C22H24N4O2/c1-14(2)28-22-24-20(16-6-4-15(3)5-7-16)26(25-22)19-12-10-18(11-13-19)23-21(27)17-8-9-17/h4-7,10-14,17H,8-9H2,1-3H3,(H,23,27). The highest BCUT2D eigenvalue weighted by atomic mass is 16.5. The zero-order valence-corrected chi connectivity index (χ0v) is 16.3. The van der Waals surface area contributed by atoms with Crippen LogP contribution in [0, 0.1) is 12.8 Å². The number of nitrogens with one attached hydrogen (secondary N) is 1. The Balaban J connectivity index is 1.65. The van der Waals surface area contributed by atoms with Crippen LogP contribution in [-0.2, 0) is 4.79 Å². The Morgan fingerprint density at radius 2 is 1.79 bits per heavy atom. The number of hydrogen-bond acceptors (Lipinski definition) is 4. The van der Waals surface area contributed by atoms with Gasteiger partial charge in [-0.1, -0.05) is 29.8 Å². The van der Waals surface area contributed by atoms with E-state index in [1.54, 1.807) is 4.68 Å². The predicted octanol–water partition coefficient (Wildman–Crippen LogP) is 4.38. The number of nitrogens with zero attached hydrogens (tertiary/aromatic N) is 3. The van der Waals surface area contributed by atoms with Crippen LogP contribution in [0.4, 0.5) is 5.69 Å². The minimum absolute atomic E-state index is 0.0123. The largest absolute Gasteiger partial charge is 0.460 e. The molecule has 1 aliphatic rings. The number of benzene rings is 2. The Kier molecular flexibility index (Phi) is 4.86. The van der Waals surface area contributed by atoms with E-state index >= 15 is 0 Å². The SMILES string of the molecule is Cc1ccc(-c2nc(OC(C)C)nn2-c2ccc(NC(=O)C3CC3)cc2)cc1. The molecule has 0 spiro atoms. The fourth-order valence-corrected chi connectivity index (χ4v) is 2.90. The number of anilines is 1. The Morgan fingerprint density at radius 1 is 1.11 bits per heavy atom. The minimum atomic E-state index is -0.0123. The highest BCUT2D eigenvalue weighted by Crippen LogP contribution is 2.30. The van der Waals surface area contributed by atoms with Crippen molar-refractivity contribution in [1.29, 1.82) is 0 Å². The number of rotatable bonds is 6. The number of aromatic nitrogens is 3. The first-order valence-corrected chi connectivity index (χ1v) is 9.61. The Bertz CT molecular complexity index is 971. The third-order valence-corrected chi connectivity index (χ3v) is 4.57. The van der Waals surface area contributed by atoms with E-state index in [4.69, 9.17) is 4.74 Å². The van der Waals surface area contributed by atoms with Crippen molar-refractivity contribution in [2.75, 3.05) is 5.32 Å². The molecule has 1 fully saturated rings. The van der Waals surface area contributed by atoms with Crippen LogP contribution in [-0.4, -0.2) is 26.8 Å². The van der Waals surface area contributed by atoms with Crippen molar-refractivity contribution in [3.8, 4) is 23.1 Å². The highest BCUT2D eigenvalue weighted by molar-refractivity contribution is 5.94. The number of ether oxygens (including phenoxy) is 1. The van der Waals surface area contributed by atoms with Crippen LogP contribution in [0.25, 0.3) is 17.1 Å². The molecule has 0 radical (unpaired) electrons. The maximum atomic E-state index is 11.9. The Labute approximate surface area is 164 Å². The van der Waals surface area contributed by atoms with Crippen molar-refractivity contribution < 1.29 is 9.53 Å². The summed E-state index contributed by atoms with van der Waals surface area (Å²) in [6, 6.07) is 16.1. The second kappa shape index (κ2) is 7.46. The van der Waals surface area contributed by atoms with Crippen LogP contribution >= 0.6 is 0 Å². The van der Waals surface area contributed by atoms with E-state index in [9.17, 15) is 4.79 Å². The van der Waals surface area contributed by atoms with Crippen LogP contribution in [0.3, 0.4) is 0 Å². The van der Waals surface area contributed by atoms with Crippen molar-refractivity contribution in [2.45, 2.75) is 39.7 Å². The molecule has 1 aromatic heterocycles. The number of carbonyl (C=O) groups is 1. The lowest BCUT2D eigenvalue weighted by atomic mass is 10.1. The van der Waals surface area contributed by atoms with Crippen LogP contribution in [0.2, 0.25) is 0 Å². The summed E-state index contributed by atoms with van der Waals surface area (Å²) in [5, 5.41) is 7.50. The number of amides is 1. The summed E-state index contributed by atoms with van der Waals surface area (Å²) in [5.74, 6) is 0.991. The maximum Gasteiger partial charge on any atom is 0.336 e. The monoisotopic (exact) mass is 376 g/mol. The van der Waals surface area contributed by atoms with Gasteiger partial charge in [-0.15, -0.1) is 5.10 Å². The number of aryl methyl sites for hydroxylation is 1. The molecule has 4 rings (SSSR count). The average Bonchev–Trinajstić information content (AvgIpc) is 3.44. The van der Waals surface area contributed by atoms with Gasteiger partial charge >= 0.3 is 6.01 Å². The van der Waals surface area contributed by atoms with Crippen LogP contribution < -0.4 is 10.1 Å². The minimum Gasteiger partial charge on any atom is -0.460 e. The fraction of sp³-hybridized carbons (Fsp3) is 0.318. The molecule has 1 heterocycles. The average molecular weight is 376 g/mol. The summed E-state index contributed by atoms with van der Waals surface area (Å²) in [6.07, 6.45) is 1.96. The second-order valence-electron chi connectivity index (χ2n) is 7.47. The molecule has 6 heteroatoms. The first-order valence-electron chi connectivity index (χ1n) is 9.61. The number of hydrogen-bond donors (Lipinski definition) is 1. The van der Waals surface area contributed by atoms with Crippen LogP contribution in [0.5, 0.6) is 6.01 Å². The van der Waals surface area contributed by atoms with Gasteiger partial charge in [0.05, 0.1) is 11.8 Å². The zero-order valence-electron chi connectivity index (χ0n) is 16.3. The lowest BCUT2D eigenvalue weighted by Gasteiger charge is -2.08. The summed E-state index contributed by atoms with van der Waals surface area (Å²) >= 11 is 0. The van der Waals surface area contributed by atoms with Crippen molar-refractivity contribution in [2.24, 2.45) is 5.92 Å². The molecule has 1 saturated carbocycles. The smallest absolute Gasteiger partial charge is 0.336 e. The molecule has 1 N–H and O–H groups in total. The molecule has 1 amide bonds. The molecule has 6 nitrogen and oxygen atoms in total. The summed E-state index contributed by atoms with van der Waals surface area (Å²) in [7, 11) is 0. The van der Waals surface area contributed by atoms with Gasteiger partial charge in [-0.2, -0.15) is 4.98 Å². The molecule has 144 valence electrons. The fourth-order valence-electron chi connectivity index (χ4n) is 2.90. The van der Waals surface area contributed by atoms with E-state index in [-0.39, 0.29) is 17.9 Å². The molecular formula is C22H24N4O2. The molecule has 1 aliphatic carbocycles. The van der Waals surface area contributed by atoms with Crippen LogP contribution in [0.15, 0.2) is 48.5 Å². The highest BCUT2D eigenvalue weighted by Gasteiger charge is 2.29. The van der Waals surface area contributed by atoms with Gasteiger partial charge < -0.3 is 10.1 Å². The third-order valence-electron chi connectivity index (χ3n) is 4.57.